The van der Waals surface area contributed by atoms with Crippen LogP contribution in [0.3, 0.4) is 0 Å². The van der Waals surface area contributed by atoms with Crippen LogP contribution in [0, 0.1) is 0 Å². The average molecular weight is 291 g/mol. The molecule has 1 unspecified atom stereocenters. The van der Waals surface area contributed by atoms with Gasteiger partial charge in [-0.2, -0.15) is 0 Å². The molecule has 106 valence electrons. The second-order valence-corrected chi connectivity index (χ2v) is 5.01. The molecule has 0 fully saturated rings. The summed E-state index contributed by atoms with van der Waals surface area (Å²) in [4.78, 5) is 0. The molecule has 4 heteroatoms. The van der Waals surface area contributed by atoms with Gasteiger partial charge in [-0.3, -0.25) is 5.84 Å². The molecule has 1 atom stereocenters. The zero-order chi connectivity index (χ0) is 14.4. The normalized spacial score (nSPS) is 12.2. The second kappa shape index (κ2) is 7.29. The van der Waals surface area contributed by atoms with E-state index >= 15 is 0 Å². The lowest BCUT2D eigenvalue weighted by atomic mass is 9.99. The minimum Gasteiger partial charge on any atom is -0.494 e. The Bertz CT molecular complexity index is 542. The molecule has 0 heterocycles. The minimum absolute atomic E-state index is 0.0890. The number of halogens is 1. The van der Waals surface area contributed by atoms with E-state index in [9.17, 15) is 0 Å². The number of rotatable bonds is 6. The van der Waals surface area contributed by atoms with Crippen LogP contribution in [0.25, 0.3) is 0 Å². The van der Waals surface area contributed by atoms with E-state index in [1.54, 1.807) is 0 Å². The van der Waals surface area contributed by atoms with Crippen LogP contribution in [0.2, 0.25) is 5.02 Å². The van der Waals surface area contributed by atoms with Gasteiger partial charge in [0.2, 0.25) is 0 Å². The van der Waals surface area contributed by atoms with Gasteiger partial charge in [0, 0.05) is 5.02 Å². The van der Waals surface area contributed by atoms with Crippen LogP contribution in [0.1, 0.15) is 30.5 Å². The van der Waals surface area contributed by atoms with Crippen molar-refractivity contribution in [2.45, 2.75) is 19.4 Å². The van der Waals surface area contributed by atoms with Crippen LogP contribution in [0.15, 0.2) is 48.5 Å². The van der Waals surface area contributed by atoms with Crippen LogP contribution in [0.4, 0.5) is 0 Å². The van der Waals surface area contributed by atoms with Gasteiger partial charge in [-0.25, -0.2) is 5.43 Å². The van der Waals surface area contributed by atoms with Gasteiger partial charge in [-0.1, -0.05) is 42.8 Å². The molecular weight excluding hydrogens is 272 g/mol. The Labute approximate surface area is 124 Å². The first-order chi connectivity index (χ1) is 9.74. The maximum absolute atomic E-state index is 6.03. The van der Waals surface area contributed by atoms with E-state index in [2.05, 4.69) is 12.3 Å². The summed E-state index contributed by atoms with van der Waals surface area (Å²) < 4.78 is 5.58. The largest absolute Gasteiger partial charge is 0.494 e. The standard InChI is InChI=1S/C16H19ClN2O/c1-2-10-20-15-8-6-12(7-9-15)16(19-18)13-4-3-5-14(17)11-13/h3-9,11,16,19H,2,10,18H2,1H3. The quantitative estimate of drug-likeness (QED) is 0.630. The summed E-state index contributed by atoms with van der Waals surface area (Å²) in [5.41, 5.74) is 4.92. The first kappa shape index (κ1) is 14.9. The Morgan fingerprint density at radius 2 is 1.90 bits per heavy atom. The predicted octanol–water partition coefficient (Wildman–Crippen LogP) is 3.68. The Balaban J connectivity index is 2.19. The van der Waals surface area contributed by atoms with E-state index in [0.29, 0.717) is 5.02 Å². The lowest BCUT2D eigenvalue weighted by Gasteiger charge is -2.17. The van der Waals surface area contributed by atoms with Gasteiger partial charge in [0.25, 0.3) is 0 Å². The fourth-order valence-electron chi connectivity index (χ4n) is 2.05. The third-order valence-corrected chi connectivity index (χ3v) is 3.27. The zero-order valence-electron chi connectivity index (χ0n) is 11.5. The van der Waals surface area contributed by atoms with E-state index < -0.39 is 0 Å². The summed E-state index contributed by atoms with van der Waals surface area (Å²) in [6.45, 7) is 2.81. The molecule has 0 aliphatic heterocycles. The maximum Gasteiger partial charge on any atom is 0.119 e. The monoisotopic (exact) mass is 290 g/mol. The van der Waals surface area contributed by atoms with E-state index in [-0.39, 0.29) is 6.04 Å². The first-order valence-corrected chi connectivity index (χ1v) is 7.06. The second-order valence-electron chi connectivity index (χ2n) is 4.57. The number of nitrogens with two attached hydrogens (primary N) is 1. The van der Waals surface area contributed by atoms with Crippen molar-refractivity contribution in [1.82, 2.24) is 5.43 Å². The van der Waals surface area contributed by atoms with Crippen LogP contribution in [-0.2, 0) is 0 Å². The van der Waals surface area contributed by atoms with Crippen LogP contribution in [0.5, 0.6) is 5.75 Å². The van der Waals surface area contributed by atoms with Crippen molar-refractivity contribution in [2.24, 2.45) is 5.84 Å². The van der Waals surface area contributed by atoms with Gasteiger partial charge in [0.1, 0.15) is 5.75 Å². The number of hydrogen-bond donors (Lipinski definition) is 2. The van der Waals surface area contributed by atoms with E-state index in [1.165, 1.54) is 0 Å². The zero-order valence-corrected chi connectivity index (χ0v) is 12.2. The number of nitrogens with one attached hydrogen (secondary N) is 1. The Morgan fingerprint density at radius 1 is 1.15 bits per heavy atom. The van der Waals surface area contributed by atoms with Gasteiger partial charge in [-0.05, 0) is 41.8 Å². The first-order valence-electron chi connectivity index (χ1n) is 6.69. The number of ether oxygens (including phenoxy) is 1. The molecule has 0 aliphatic carbocycles. The number of benzene rings is 2. The van der Waals surface area contributed by atoms with Crippen LogP contribution >= 0.6 is 11.6 Å². The molecule has 0 aliphatic rings. The molecule has 0 saturated carbocycles. The highest BCUT2D eigenvalue weighted by atomic mass is 35.5. The fourth-order valence-corrected chi connectivity index (χ4v) is 2.25. The molecular formula is C16H19ClN2O. The van der Waals surface area contributed by atoms with Crippen LogP contribution in [-0.4, -0.2) is 6.61 Å². The van der Waals surface area contributed by atoms with Gasteiger partial charge < -0.3 is 4.74 Å². The lowest BCUT2D eigenvalue weighted by molar-refractivity contribution is 0.317. The van der Waals surface area contributed by atoms with Crippen molar-refractivity contribution in [3.63, 3.8) is 0 Å². The molecule has 20 heavy (non-hydrogen) atoms. The third kappa shape index (κ3) is 3.73. The van der Waals surface area contributed by atoms with E-state index in [4.69, 9.17) is 22.2 Å². The minimum atomic E-state index is -0.0890. The molecule has 0 saturated heterocycles. The maximum atomic E-state index is 6.03. The molecule has 2 aromatic rings. The Morgan fingerprint density at radius 3 is 2.50 bits per heavy atom. The van der Waals surface area contributed by atoms with E-state index in [1.807, 2.05) is 48.5 Å². The van der Waals surface area contributed by atoms with Crippen molar-refractivity contribution in [2.75, 3.05) is 6.61 Å². The highest BCUT2D eigenvalue weighted by Crippen LogP contribution is 2.25. The third-order valence-electron chi connectivity index (χ3n) is 3.03. The van der Waals surface area contributed by atoms with Gasteiger partial charge in [-0.15, -0.1) is 0 Å². The van der Waals surface area contributed by atoms with Crippen molar-refractivity contribution in [3.05, 3.63) is 64.7 Å². The molecule has 2 rings (SSSR count). The number of hydrazine groups is 1. The molecule has 0 amide bonds. The average Bonchev–Trinajstić information content (AvgIpc) is 2.47. The highest BCUT2D eigenvalue weighted by Gasteiger charge is 2.12. The molecule has 0 aromatic heterocycles. The van der Waals surface area contributed by atoms with Crippen molar-refractivity contribution < 1.29 is 4.74 Å². The Hall–Kier alpha value is -1.55. The summed E-state index contributed by atoms with van der Waals surface area (Å²) in [6, 6.07) is 15.5. The Kier molecular flexibility index (Phi) is 5.41. The summed E-state index contributed by atoms with van der Waals surface area (Å²) >= 11 is 6.03. The molecule has 0 radical (unpaired) electrons. The molecule has 0 bridgehead atoms. The molecule has 2 aromatic carbocycles. The summed E-state index contributed by atoms with van der Waals surface area (Å²) in [6.07, 6.45) is 0.997. The fraction of sp³-hybridized carbons (Fsp3) is 0.250. The number of hydrogen-bond acceptors (Lipinski definition) is 3. The lowest BCUT2D eigenvalue weighted by Crippen LogP contribution is -2.28. The molecule has 3 nitrogen and oxygen atoms in total. The summed E-state index contributed by atoms with van der Waals surface area (Å²) in [5.74, 6) is 6.55. The SMILES string of the molecule is CCCOc1ccc(C(NN)c2cccc(Cl)c2)cc1. The molecule has 3 N–H and O–H groups in total. The van der Waals surface area contributed by atoms with Crippen LogP contribution < -0.4 is 16.0 Å². The summed E-state index contributed by atoms with van der Waals surface area (Å²) in [5, 5.41) is 0.700. The van der Waals surface area contributed by atoms with Gasteiger partial charge >= 0.3 is 0 Å². The molecule has 0 spiro atoms. The van der Waals surface area contributed by atoms with Gasteiger partial charge in [0.15, 0.2) is 0 Å². The predicted molar refractivity (Wildman–Crippen MR) is 82.8 cm³/mol. The topological polar surface area (TPSA) is 47.3 Å². The van der Waals surface area contributed by atoms with E-state index in [0.717, 1.165) is 29.9 Å². The summed E-state index contributed by atoms with van der Waals surface area (Å²) in [7, 11) is 0. The smallest absolute Gasteiger partial charge is 0.119 e. The van der Waals surface area contributed by atoms with Crippen molar-refractivity contribution in [3.8, 4) is 5.75 Å². The van der Waals surface area contributed by atoms with Gasteiger partial charge in [0.05, 0.1) is 12.6 Å². The van der Waals surface area contributed by atoms with Crippen molar-refractivity contribution in [1.29, 1.82) is 0 Å². The van der Waals surface area contributed by atoms with Crippen molar-refractivity contribution >= 4 is 11.6 Å². The highest BCUT2D eigenvalue weighted by molar-refractivity contribution is 6.30.